The number of benzene rings is 1. The Labute approximate surface area is 161 Å². The molecule has 1 unspecified atom stereocenters. The van der Waals surface area contributed by atoms with Crippen molar-refractivity contribution in [2.24, 2.45) is 0 Å². The Morgan fingerprint density at radius 1 is 1.04 bits per heavy atom. The number of rotatable bonds is 4. The number of pyridine rings is 1. The van der Waals surface area contributed by atoms with Gasteiger partial charge in [-0.15, -0.1) is 0 Å². The van der Waals surface area contributed by atoms with Crippen LogP contribution in [-0.4, -0.2) is 29.3 Å². The van der Waals surface area contributed by atoms with Gasteiger partial charge in [0.05, 0.1) is 23.8 Å². The Morgan fingerprint density at radius 2 is 1.89 bits per heavy atom. The first kappa shape index (κ1) is 16.4. The lowest BCUT2D eigenvalue weighted by Crippen LogP contribution is -2.10. The molecule has 7 heteroatoms. The molecule has 1 aromatic carbocycles. The van der Waals surface area contributed by atoms with Crippen LogP contribution in [0.3, 0.4) is 0 Å². The summed E-state index contributed by atoms with van der Waals surface area (Å²) < 4.78 is 2.13. The van der Waals surface area contributed by atoms with Gasteiger partial charge in [-0.3, -0.25) is 4.40 Å². The summed E-state index contributed by atoms with van der Waals surface area (Å²) in [6.45, 7) is 4.17. The number of nitrogens with one attached hydrogen (secondary N) is 2. The highest BCUT2D eigenvalue weighted by molar-refractivity contribution is 5.82. The lowest BCUT2D eigenvalue weighted by atomic mass is 10.0. The molecule has 0 amide bonds. The third kappa shape index (κ3) is 2.68. The third-order valence-corrected chi connectivity index (χ3v) is 4.86. The molecule has 4 aromatic heterocycles. The highest BCUT2D eigenvalue weighted by Crippen LogP contribution is 2.31. The van der Waals surface area contributed by atoms with Crippen molar-refractivity contribution in [2.75, 3.05) is 5.32 Å². The van der Waals surface area contributed by atoms with Crippen molar-refractivity contribution in [3.63, 3.8) is 0 Å². The summed E-state index contributed by atoms with van der Waals surface area (Å²) in [5.74, 6) is 0.686. The Bertz CT molecular complexity index is 1270. The minimum Gasteiger partial charge on any atom is -0.360 e. The van der Waals surface area contributed by atoms with Crippen LogP contribution in [0.1, 0.15) is 24.2 Å². The summed E-state index contributed by atoms with van der Waals surface area (Å²) in [5, 5.41) is 3.46. The molecule has 0 saturated carbocycles. The van der Waals surface area contributed by atoms with Gasteiger partial charge in [-0.1, -0.05) is 35.9 Å². The van der Waals surface area contributed by atoms with Gasteiger partial charge in [-0.25, -0.2) is 19.9 Å². The van der Waals surface area contributed by atoms with E-state index in [4.69, 9.17) is 4.98 Å². The van der Waals surface area contributed by atoms with Gasteiger partial charge in [0.2, 0.25) is 0 Å². The quantitative estimate of drug-likeness (QED) is 0.497. The number of H-pyrrole nitrogens is 1. The molecule has 1 atom stereocenters. The SMILES string of the molecule is Cc1ccc(-c2c(C(C)Nc3ncnc4[nH]cnc34)nc3ccccn23)cc1. The molecule has 4 heterocycles. The molecule has 28 heavy (non-hydrogen) atoms. The number of aromatic amines is 1. The highest BCUT2D eigenvalue weighted by atomic mass is 15.1. The summed E-state index contributed by atoms with van der Waals surface area (Å²) >= 11 is 0. The van der Waals surface area contributed by atoms with Crippen LogP contribution in [-0.2, 0) is 0 Å². The minimum atomic E-state index is -0.0778. The molecular formula is C21H19N7. The van der Waals surface area contributed by atoms with Crippen molar-refractivity contribution in [2.45, 2.75) is 19.9 Å². The maximum Gasteiger partial charge on any atom is 0.162 e. The molecule has 0 saturated heterocycles. The van der Waals surface area contributed by atoms with E-state index in [1.807, 2.05) is 24.4 Å². The van der Waals surface area contributed by atoms with E-state index in [1.165, 1.54) is 11.9 Å². The zero-order chi connectivity index (χ0) is 19.1. The fourth-order valence-electron chi connectivity index (χ4n) is 3.46. The Hall–Kier alpha value is -3.74. The molecule has 2 N–H and O–H groups in total. The first-order valence-corrected chi connectivity index (χ1v) is 9.15. The van der Waals surface area contributed by atoms with E-state index in [-0.39, 0.29) is 6.04 Å². The van der Waals surface area contributed by atoms with Gasteiger partial charge >= 0.3 is 0 Å². The predicted molar refractivity (Wildman–Crippen MR) is 109 cm³/mol. The molecule has 5 aromatic rings. The first-order valence-electron chi connectivity index (χ1n) is 9.15. The largest absolute Gasteiger partial charge is 0.360 e. The summed E-state index contributed by atoms with van der Waals surface area (Å²) in [6.07, 6.45) is 5.20. The van der Waals surface area contributed by atoms with Crippen molar-refractivity contribution < 1.29 is 0 Å². The molecule has 0 spiro atoms. The van der Waals surface area contributed by atoms with E-state index < -0.39 is 0 Å². The number of fused-ring (bicyclic) bond motifs is 2. The zero-order valence-corrected chi connectivity index (χ0v) is 15.6. The third-order valence-electron chi connectivity index (χ3n) is 4.86. The molecule has 0 aliphatic heterocycles. The zero-order valence-electron chi connectivity index (χ0n) is 15.6. The predicted octanol–water partition coefficient (Wildman–Crippen LogP) is 4.15. The van der Waals surface area contributed by atoms with E-state index in [9.17, 15) is 0 Å². The van der Waals surface area contributed by atoms with Gasteiger partial charge in [-0.2, -0.15) is 0 Å². The number of aryl methyl sites for hydroxylation is 1. The van der Waals surface area contributed by atoms with Gasteiger partial charge < -0.3 is 10.3 Å². The maximum absolute atomic E-state index is 4.90. The Balaban J connectivity index is 1.62. The molecule has 138 valence electrons. The first-order chi connectivity index (χ1) is 13.7. The molecular weight excluding hydrogens is 350 g/mol. The number of imidazole rings is 2. The second kappa shape index (κ2) is 6.45. The van der Waals surface area contributed by atoms with Crippen LogP contribution in [0, 0.1) is 6.92 Å². The van der Waals surface area contributed by atoms with E-state index in [2.05, 4.69) is 67.8 Å². The van der Waals surface area contributed by atoms with Crippen LogP contribution in [0.2, 0.25) is 0 Å². The highest BCUT2D eigenvalue weighted by Gasteiger charge is 2.20. The summed E-state index contributed by atoms with van der Waals surface area (Å²) in [6, 6.07) is 14.5. The van der Waals surface area contributed by atoms with Crippen LogP contribution in [0.25, 0.3) is 28.1 Å². The molecule has 0 radical (unpaired) electrons. The van der Waals surface area contributed by atoms with Crippen molar-refractivity contribution in [3.8, 4) is 11.3 Å². The fourth-order valence-corrected chi connectivity index (χ4v) is 3.46. The normalized spacial score (nSPS) is 12.5. The second-order valence-electron chi connectivity index (χ2n) is 6.83. The molecule has 0 aliphatic rings. The summed E-state index contributed by atoms with van der Waals surface area (Å²) in [5.41, 5.74) is 6.72. The summed E-state index contributed by atoms with van der Waals surface area (Å²) in [4.78, 5) is 20.8. The lowest BCUT2D eigenvalue weighted by molar-refractivity contribution is 0.846. The van der Waals surface area contributed by atoms with Crippen LogP contribution in [0.5, 0.6) is 0 Å². The van der Waals surface area contributed by atoms with E-state index in [0.29, 0.717) is 11.5 Å². The van der Waals surface area contributed by atoms with Crippen molar-refractivity contribution >= 4 is 22.6 Å². The van der Waals surface area contributed by atoms with E-state index >= 15 is 0 Å². The minimum absolute atomic E-state index is 0.0778. The van der Waals surface area contributed by atoms with Gasteiger partial charge in [0.25, 0.3) is 0 Å². The summed E-state index contributed by atoms with van der Waals surface area (Å²) in [7, 11) is 0. The van der Waals surface area contributed by atoms with Crippen molar-refractivity contribution in [1.82, 2.24) is 29.3 Å². The number of hydrogen-bond donors (Lipinski definition) is 2. The number of anilines is 1. The van der Waals surface area contributed by atoms with Gasteiger partial charge in [0.1, 0.15) is 17.5 Å². The van der Waals surface area contributed by atoms with E-state index in [1.54, 1.807) is 6.33 Å². The standard InChI is InChI=1S/C21H19N7/c1-13-6-8-15(9-7-13)19-17(27-16-5-3-4-10-28(16)19)14(2)26-21-18-20(23-11-22-18)24-12-25-21/h3-12,14H,1-2H3,(H2,22,23,24,25,26). The maximum atomic E-state index is 4.90. The average Bonchev–Trinajstić information content (AvgIpc) is 3.34. The topological polar surface area (TPSA) is 83.8 Å². The monoisotopic (exact) mass is 369 g/mol. The van der Waals surface area contributed by atoms with Crippen LogP contribution >= 0.6 is 0 Å². The molecule has 0 bridgehead atoms. The van der Waals surface area contributed by atoms with Crippen LogP contribution < -0.4 is 5.32 Å². The van der Waals surface area contributed by atoms with Gasteiger partial charge in [-0.05, 0) is 26.0 Å². The fraction of sp³-hybridized carbons (Fsp3) is 0.143. The number of aromatic nitrogens is 6. The number of hydrogen-bond acceptors (Lipinski definition) is 5. The molecule has 7 nitrogen and oxygen atoms in total. The molecule has 0 fully saturated rings. The van der Waals surface area contributed by atoms with Crippen LogP contribution in [0.15, 0.2) is 61.3 Å². The van der Waals surface area contributed by atoms with Gasteiger partial charge in [0, 0.05) is 11.8 Å². The lowest BCUT2D eigenvalue weighted by Gasteiger charge is -2.15. The average molecular weight is 369 g/mol. The Kier molecular flexibility index (Phi) is 3.79. The van der Waals surface area contributed by atoms with Gasteiger partial charge in [0.15, 0.2) is 11.5 Å². The van der Waals surface area contributed by atoms with Crippen molar-refractivity contribution in [3.05, 3.63) is 72.6 Å². The van der Waals surface area contributed by atoms with Crippen LogP contribution in [0.4, 0.5) is 5.82 Å². The number of nitrogens with zero attached hydrogens (tertiary/aromatic N) is 5. The Morgan fingerprint density at radius 3 is 2.75 bits per heavy atom. The molecule has 5 rings (SSSR count). The smallest absolute Gasteiger partial charge is 0.162 e. The van der Waals surface area contributed by atoms with E-state index in [0.717, 1.165) is 28.1 Å². The van der Waals surface area contributed by atoms with Crippen molar-refractivity contribution in [1.29, 1.82) is 0 Å². The second-order valence-corrected chi connectivity index (χ2v) is 6.83. The molecule has 0 aliphatic carbocycles.